The largest absolute Gasteiger partial charge is 0.325 e. The molecule has 0 fully saturated rings. The van der Waals surface area contributed by atoms with Gasteiger partial charge in [-0.15, -0.1) is 0 Å². The lowest BCUT2D eigenvalue weighted by Crippen LogP contribution is -2.14. The summed E-state index contributed by atoms with van der Waals surface area (Å²) >= 11 is 1.44. The SMILES string of the molecule is Cc1cc(C)cc(NC(=O)CSc2nc(C)nc3ccccc23)c1. The Morgan fingerprint density at radius 2 is 1.75 bits per heavy atom. The molecule has 0 saturated carbocycles. The highest BCUT2D eigenvalue weighted by Crippen LogP contribution is 2.25. The molecule has 0 spiro atoms. The number of nitrogens with zero attached hydrogens (tertiary/aromatic N) is 2. The second kappa shape index (κ2) is 7.01. The van der Waals surface area contributed by atoms with Crippen molar-refractivity contribution in [3.63, 3.8) is 0 Å². The zero-order valence-corrected chi connectivity index (χ0v) is 14.8. The van der Waals surface area contributed by atoms with Crippen molar-refractivity contribution < 1.29 is 4.79 Å². The number of fused-ring (bicyclic) bond motifs is 1. The third-order valence-electron chi connectivity index (χ3n) is 3.53. The molecule has 3 aromatic rings. The zero-order chi connectivity index (χ0) is 17.1. The van der Waals surface area contributed by atoms with E-state index in [0.29, 0.717) is 11.6 Å². The first-order valence-electron chi connectivity index (χ1n) is 7.75. The van der Waals surface area contributed by atoms with Gasteiger partial charge in [-0.05, 0) is 50.1 Å². The van der Waals surface area contributed by atoms with Gasteiger partial charge >= 0.3 is 0 Å². The monoisotopic (exact) mass is 337 g/mol. The van der Waals surface area contributed by atoms with Crippen molar-refractivity contribution >= 4 is 34.3 Å². The first kappa shape index (κ1) is 16.5. The minimum Gasteiger partial charge on any atom is -0.325 e. The molecule has 0 saturated heterocycles. The standard InChI is InChI=1S/C19H19N3OS/c1-12-8-13(2)10-15(9-12)22-18(23)11-24-19-16-6-4-5-7-17(16)20-14(3)21-19/h4-10H,11H2,1-3H3,(H,22,23). The average Bonchev–Trinajstić information content (AvgIpc) is 2.51. The van der Waals surface area contributed by atoms with Crippen molar-refractivity contribution in [1.29, 1.82) is 0 Å². The minimum atomic E-state index is -0.0367. The zero-order valence-electron chi connectivity index (χ0n) is 14.0. The first-order valence-corrected chi connectivity index (χ1v) is 8.74. The molecule has 0 aliphatic carbocycles. The summed E-state index contributed by atoms with van der Waals surface area (Å²) in [6.07, 6.45) is 0. The molecule has 122 valence electrons. The number of hydrogen-bond acceptors (Lipinski definition) is 4. The van der Waals surface area contributed by atoms with Gasteiger partial charge in [0.25, 0.3) is 0 Å². The summed E-state index contributed by atoms with van der Waals surface area (Å²) in [5.41, 5.74) is 4.01. The molecule has 0 aliphatic heterocycles. The third kappa shape index (κ3) is 3.92. The van der Waals surface area contributed by atoms with Gasteiger partial charge in [-0.3, -0.25) is 4.79 Å². The smallest absolute Gasteiger partial charge is 0.234 e. The van der Waals surface area contributed by atoms with Crippen molar-refractivity contribution in [3.8, 4) is 0 Å². The fourth-order valence-electron chi connectivity index (χ4n) is 2.65. The van der Waals surface area contributed by atoms with Gasteiger partial charge in [0.05, 0.1) is 11.3 Å². The number of nitrogens with one attached hydrogen (secondary N) is 1. The molecule has 2 aromatic carbocycles. The molecule has 0 radical (unpaired) electrons. The summed E-state index contributed by atoms with van der Waals surface area (Å²) in [6, 6.07) is 13.9. The average molecular weight is 337 g/mol. The number of carbonyl (C=O) groups excluding carboxylic acids is 1. The lowest BCUT2D eigenvalue weighted by molar-refractivity contribution is -0.113. The van der Waals surface area contributed by atoms with E-state index in [0.717, 1.165) is 32.7 Å². The number of aryl methyl sites for hydroxylation is 3. The molecule has 24 heavy (non-hydrogen) atoms. The molecule has 0 bridgehead atoms. The van der Waals surface area contributed by atoms with Crippen molar-refractivity contribution in [2.75, 3.05) is 11.1 Å². The summed E-state index contributed by atoms with van der Waals surface area (Å²) in [7, 11) is 0. The Hall–Kier alpha value is -2.40. The van der Waals surface area contributed by atoms with Crippen LogP contribution in [-0.4, -0.2) is 21.6 Å². The summed E-state index contributed by atoms with van der Waals surface area (Å²) in [5, 5.41) is 4.77. The Balaban J connectivity index is 1.72. The Morgan fingerprint density at radius 3 is 2.50 bits per heavy atom. The van der Waals surface area contributed by atoms with Crippen LogP contribution in [0, 0.1) is 20.8 Å². The van der Waals surface area contributed by atoms with Crippen molar-refractivity contribution in [2.45, 2.75) is 25.8 Å². The van der Waals surface area contributed by atoms with Crippen LogP contribution in [0.2, 0.25) is 0 Å². The highest BCUT2D eigenvalue weighted by molar-refractivity contribution is 8.00. The maximum absolute atomic E-state index is 12.3. The molecule has 1 N–H and O–H groups in total. The van der Waals surface area contributed by atoms with Crippen LogP contribution >= 0.6 is 11.8 Å². The lowest BCUT2D eigenvalue weighted by Gasteiger charge is -2.09. The van der Waals surface area contributed by atoms with Gasteiger partial charge in [-0.25, -0.2) is 9.97 Å². The van der Waals surface area contributed by atoms with Crippen LogP contribution in [-0.2, 0) is 4.79 Å². The van der Waals surface area contributed by atoms with E-state index in [-0.39, 0.29) is 5.91 Å². The maximum Gasteiger partial charge on any atom is 0.234 e. The molecule has 5 heteroatoms. The number of para-hydroxylation sites is 1. The van der Waals surface area contributed by atoms with Crippen molar-refractivity contribution in [1.82, 2.24) is 9.97 Å². The van der Waals surface area contributed by atoms with Crippen LogP contribution in [0.4, 0.5) is 5.69 Å². The van der Waals surface area contributed by atoms with E-state index in [1.807, 2.05) is 57.2 Å². The van der Waals surface area contributed by atoms with Gasteiger partial charge in [-0.2, -0.15) is 0 Å². The lowest BCUT2D eigenvalue weighted by atomic mass is 10.1. The van der Waals surface area contributed by atoms with Gasteiger partial charge in [0, 0.05) is 11.1 Å². The minimum absolute atomic E-state index is 0.0367. The van der Waals surface area contributed by atoms with E-state index in [4.69, 9.17) is 0 Å². The van der Waals surface area contributed by atoms with Crippen molar-refractivity contribution in [3.05, 3.63) is 59.4 Å². The number of amides is 1. The molecule has 4 nitrogen and oxygen atoms in total. The first-order chi connectivity index (χ1) is 11.5. The van der Waals surface area contributed by atoms with Gasteiger partial charge in [0.2, 0.25) is 5.91 Å². The number of anilines is 1. The maximum atomic E-state index is 12.3. The van der Waals surface area contributed by atoms with Gasteiger partial charge < -0.3 is 5.32 Å². The van der Waals surface area contributed by atoms with E-state index in [2.05, 4.69) is 21.4 Å². The number of hydrogen-bond donors (Lipinski definition) is 1. The predicted molar refractivity (Wildman–Crippen MR) is 99.5 cm³/mol. The van der Waals surface area contributed by atoms with Crippen molar-refractivity contribution in [2.24, 2.45) is 0 Å². The number of thioether (sulfide) groups is 1. The van der Waals surface area contributed by atoms with Crippen LogP contribution in [0.15, 0.2) is 47.5 Å². The Labute approximate surface area is 145 Å². The molecular formula is C19H19N3OS. The fraction of sp³-hybridized carbons (Fsp3) is 0.211. The fourth-order valence-corrected chi connectivity index (χ4v) is 3.51. The molecule has 0 unspecified atom stereocenters. The number of benzene rings is 2. The van der Waals surface area contributed by atoms with Gasteiger partial charge in [0.15, 0.2) is 0 Å². The second-order valence-electron chi connectivity index (χ2n) is 5.81. The predicted octanol–water partition coefficient (Wildman–Crippen LogP) is 4.29. The van der Waals surface area contributed by atoms with Crippen LogP contribution in [0.25, 0.3) is 10.9 Å². The van der Waals surface area contributed by atoms with Crippen LogP contribution in [0.1, 0.15) is 17.0 Å². The second-order valence-corrected chi connectivity index (χ2v) is 6.77. The summed E-state index contributed by atoms with van der Waals surface area (Å²) < 4.78 is 0. The molecule has 3 rings (SSSR count). The molecule has 0 aliphatic rings. The summed E-state index contributed by atoms with van der Waals surface area (Å²) in [5.74, 6) is 0.990. The van der Waals surface area contributed by atoms with E-state index in [1.54, 1.807) is 0 Å². The van der Waals surface area contributed by atoms with Crippen LogP contribution in [0.3, 0.4) is 0 Å². The number of aromatic nitrogens is 2. The Morgan fingerprint density at radius 1 is 1.04 bits per heavy atom. The molecular weight excluding hydrogens is 318 g/mol. The Kier molecular flexibility index (Phi) is 4.81. The highest BCUT2D eigenvalue weighted by Gasteiger charge is 2.09. The van der Waals surface area contributed by atoms with E-state index >= 15 is 0 Å². The normalized spacial score (nSPS) is 10.8. The van der Waals surface area contributed by atoms with Crippen LogP contribution < -0.4 is 5.32 Å². The van der Waals surface area contributed by atoms with Gasteiger partial charge in [-0.1, -0.05) is 36.0 Å². The Bertz CT molecular complexity index is 888. The molecule has 1 amide bonds. The van der Waals surface area contributed by atoms with E-state index in [9.17, 15) is 4.79 Å². The van der Waals surface area contributed by atoms with E-state index < -0.39 is 0 Å². The van der Waals surface area contributed by atoms with E-state index in [1.165, 1.54) is 11.8 Å². The quantitative estimate of drug-likeness (QED) is 0.570. The molecule has 1 aromatic heterocycles. The summed E-state index contributed by atoms with van der Waals surface area (Å²) in [6.45, 7) is 5.91. The third-order valence-corrected chi connectivity index (χ3v) is 4.52. The molecule has 1 heterocycles. The topological polar surface area (TPSA) is 54.9 Å². The van der Waals surface area contributed by atoms with Gasteiger partial charge in [0.1, 0.15) is 10.9 Å². The number of carbonyl (C=O) groups is 1. The van der Waals surface area contributed by atoms with Crippen LogP contribution in [0.5, 0.6) is 0 Å². The number of rotatable bonds is 4. The summed E-state index contributed by atoms with van der Waals surface area (Å²) in [4.78, 5) is 21.2. The molecule has 0 atom stereocenters. The highest BCUT2D eigenvalue weighted by atomic mass is 32.2.